The Morgan fingerprint density at radius 3 is 2.38 bits per heavy atom. The van der Waals surface area contributed by atoms with Gasteiger partial charge < -0.3 is 4.43 Å². The lowest BCUT2D eigenvalue weighted by Crippen LogP contribution is -2.40. The predicted octanol–water partition coefficient (Wildman–Crippen LogP) is 6.75. The van der Waals surface area contributed by atoms with Gasteiger partial charge in [-0.05, 0) is 36.2 Å². The number of carbonyl (C=O) groups is 1. The van der Waals surface area contributed by atoms with Gasteiger partial charge in [0.05, 0.1) is 6.61 Å². The molecule has 0 heterocycles. The van der Waals surface area contributed by atoms with Crippen LogP contribution in [-0.2, 0) is 11.0 Å². The van der Waals surface area contributed by atoms with E-state index in [0.717, 1.165) is 24.0 Å². The molecule has 0 aliphatic carbocycles. The molecule has 0 spiro atoms. The predicted molar refractivity (Wildman–Crippen MR) is 106 cm³/mol. The molecule has 1 rings (SSSR count). The Bertz CT molecular complexity index is 515. The maximum absolute atomic E-state index is 12.4. The van der Waals surface area contributed by atoms with E-state index in [2.05, 4.69) is 46.9 Å². The van der Waals surface area contributed by atoms with E-state index in [1.165, 1.54) is 19.3 Å². The molecule has 1 aromatic carbocycles. The SMILES string of the molecule is CCCCCCCC(=O)c1cccc(CO[Si](C)(C)C(C)(C)C)c1. The molecule has 136 valence electrons. The van der Waals surface area contributed by atoms with Crippen LogP contribution in [0.5, 0.6) is 0 Å². The molecule has 1 aromatic rings. The van der Waals surface area contributed by atoms with Crippen LogP contribution in [-0.4, -0.2) is 14.1 Å². The van der Waals surface area contributed by atoms with Crippen molar-refractivity contribution >= 4 is 14.1 Å². The molecule has 0 bridgehead atoms. The summed E-state index contributed by atoms with van der Waals surface area (Å²) in [4.78, 5) is 12.4. The summed E-state index contributed by atoms with van der Waals surface area (Å²) >= 11 is 0. The van der Waals surface area contributed by atoms with Crippen molar-refractivity contribution < 1.29 is 9.22 Å². The topological polar surface area (TPSA) is 26.3 Å². The van der Waals surface area contributed by atoms with Crippen LogP contribution in [0.2, 0.25) is 18.1 Å². The summed E-state index contributed by atoms with van der Waals surface area (Å²) in [6.07, 6.45) is 6.58. The summed E-state index contributed by atoms with van der Waals surface area (Å²) in [5.74, 6) is 0.265. The maximum atomic E-state index is 12.4. The molecule has 24 heavy (non-hydrogen) atoms. The van der Waals surface area contributed by atoms with E-state index in [-0.39, 0.29) is 10.8 Å². The molecule has 0 radical (unpaired) electrons. The first-order valence-corrected chi connectivity index (χ1v) is 12.3. The Hall–Kier alpha value is -0.933. The van der Waals surface area contributed by atoms with Crippen LogP contribution < -0.4 is 0 Å². The first kappa shape index (κ1) is 21.1. The van der Waals surface area contributed by atoms with Crippen LogP contribution in [0.4, 0.5) is 0 Å². The Morgan fingerprint density at radius 2 is 1.75 bits per heavy atom. The van der Waals surface area contributed by atoms with Gasteiger partial charge >= 0.3 is 0 Å². The molecule has 0 amide bonds. The fourth-order valence-electron chi connectivity index (χ4n) is 2.35. The lowest BCUT2D eigenvalue weighted by Gasteiger charge is -2.36. The molecule has 0 aliphatic heterocycles. The molecule has 0 unspecified atom stereocenters. The van der Waals surface area contributed by atoms with E-state index >= 15 is 0 Å². The maximum Gasteiger partial charge on any atom is 0.192 e. The highest BCUT2D eigenvalue weighted by molar-refractivity contribution is 6.74. The van der Waals surface area contributed by atoms with Gasteiger partial charge in [-0.2, -0.15) is 0 Å². The van der Waals surface area contributed by atoms with E-state index in [1.807, 2.05) is 18.2 Å². The zero-order valence-electron chi connectivity index (χ0n) is 16.6. The van der Waals surface area contributed by atoms with Gasteiger partial charge in [0.1, 0.15) is 0 Å². The van der Waals surface area contributed by atoms with Crippen molar-refractivity contribution in [3.63, 3.8) is 0 Å². The highest BCUT2D eigenvalue weighted by Crippen LogP contribution is 2.37. The fourth-order valence-corrected chi connectivity index (χ4v) is 3.31. The van der Waals surface area contributed by atoms with E-state index in [9.17, 15) is 4.79 Å². The molecular weight excluding hydrogens is 312 g/mol. The molecular formula is C21H36O2Si. The molecule has 0 aliphatic rings. The lowest BCUT2D eigenvalue weighted by molar-refractivity contribution is 0.0979. The number of unbranched alkanes of at least 4 members (excludes halogenated alkanes) is 4. The Kier molecular flexibility index (Phi) is 8.38. The average molecular weight is 349 g/mol. The number of hydrogen-bond donors (Lipinski definition) is 0. The lowest BCUT2D eigenvalue weighted by atomic mass is 10.0. The van der Waals surface area contributed by atoms with E-state index in [0.29, 0.717) is 13.0 Å². The van der Waals surface area contributed by atoms with Crippen LogP contribution >= 0.6 is 0 Å². The molecule has 2 nitrogen and oxygen atoms in total. The third-order valence-electron chi connectivity index (χ3n) is 5.16. The monoisotopic (exact) mass is 348 g/mol. The number of ketones is 1. The quantitative estimate of drug-likeness (QED) is 0.265. The molecule has 0 aromatic heterocycles. The summed E-state index contributed by atoms with van der Waals surface area (Å²) in [6.45, 7) is 14.1. The molecule has 0 atom stereocenters. The van der Waals surface area contributed by atoms with Crippen molar-refractivity contribution in [3.8, 4) is 0 Å². The van der Waals surface area contributed by atoms with Crippen LogP contribution in [0.15, 0.2) is 24.3 Å². The van der Waals surface area contributed by atoms with Gasteiger partial charge in [-0.15, -0.1) is 0 Å². The van der Waals surface area contributed by atoms with Gasteiger partial charge in [-0.3, -0.25) is 4.79 Å². The number of hydrogen-bond acceptors (Lipinski definition) is 2. The minimum absolute atomic E-state index is 0.207. The smallest absolute Gasteiger partial charge is 0.192 e. The zero-order valence-corrected chi connectivity index (χ0v) is 17.6. The van der Waals surface area contributed by atoms with Gasteiger partial charge in [-0.1, -0.05) is 71.6 Å². The highest BCUT2D eigenvalue weighted by Gasteiger charge is 2.37. The first-order valence-electron chi connectivity index (χ1n) is 9.43. The van der Waals surface area contributed by atoms with E-state index < -0.39 is 8.32 Å². The van der Waals surface area contributed by atoms with Crippen molar-refractivity contribution in [1.29, 1.82) is 0 Å². The van der Waals surface area contributed by atoms with Gasteiger partial charge in [0.15, 0.2) is 14.1 Å². The highest BCUT2D eigenvalue weighted by atomic mass is 28.4. The third-order valence-corrected chi connectivity index (χ3v) is 9.64. The molecule has 0 saturated heterocycles. The van der Waals surface area contributed by atoms with Crippen LogP contribution in [0, 0.1) is 0 Å². The van der Waals surface area contributed by atoms with Crippen LogP contribution in [0.25, 0.3) is 0 Å². The number of benzene rings is 1. The van der Waals surface area contributed by atoms with Gasteiger partial charge in [0.2, 0.25) is 0 Å². The summed E-state index contributed by atoms with van der Waals surface area (Å²) in [5.41, 5.74) is 1.94. The van der Waals surface area contributed by atoms with Crippen LogP contribution in [0.3, 0.4) is 0 Å². The summed E-state index contributed by atoms with van der Waals surface area (Å²) in [6, 6.07) is 7.99. The Balaban J connectivity index is 2.56. The molecule has 0 saturated carbocycles. The van der Waals surface area contributed by atoms with Crippen molar-refractivity contribution in [2.75, 3.05) is 0 Å². The number of Topliss-reactive ketones (excluding diaryl/α,β-unsaturated/α-hetero) is 1. The number of carbonyl (C=O) groups excluding carboxylic acids is 1. The summed E-state index contributed by atoms with van der Waals surface area (Å²) in [5, 5.41) is 0.207. The summed E-state index contributed by atoms with van der Waals surface area (Å²) in [7, 11) is -1.75. The standard InChI is InChI=1S/C21H36O2Si/c1-7-8-9-10-11-15-20(22)19-14-12-13-18(16-19)17-23-24(5,6)21(2,3)4/h12-14,16H,7-11,15,17H2,1-6H3. The van der Waals surface area contributed by atoms with Gasteiger partial charge in [0, 0.05) is 12.0 Å². The second kappa shape index (κ2) is 9.52. The number of rotatable bonds is 10. The zero-order chi connectivity index (χ0) is 18.2. The van der Waals surface area contributed by atoms with Gasteiger partial charge in [0.25, 0.3) is 0 Å². The van der Waals surface area contributed by atoms with Crippen LogP contribution in [0.1, 0.15) is 82.1 Å². The second-order valence-electron chi connectivity index (χ2n) is 8.34. The largest absolute Gasteiger partial charge is 0.413 e. The van der Waals surface area contributed by atoms with Crippen molar-refractivity contribution in [2.45, 2.75) is 91.0 Å². The van der Waals surface area contributed by atoms with E-state index in [1.54, 1.807) is 0 Å². The Labute approximate surface area is 150 Å². The normalized spacial score (nSPS) is 12.4. The van der Waals surface area contributed by atoms with Gasteiger partial charge in [-0.25, -0.2) is 0 Å². The minimum atomic E-state index is -1.75. The first-order chi connectivity index (χ1) is 11.2. The molecule has 0 N–H and O–H groups in total. The van der Waals surface area contributed by atoms with Crippen molar-refractivity contribution in [2.24, 2.45) is 0 Å². The minimum Gasteiger partial charge on any atom is -0.413 e. The van der Waals surface area contributed by atoms with Crippen molar-refractivity contribution in [1.82, 2.24) is 0 Å². The second-order valence-corrected chi connectivity index (χ2v) is 13.1. The molecule has 3 heteroatoms. The summed E-state index contributed by atoms with van der Waals surface area (Å²) < 4.78 is 6.27. The van der Waals surface area contributed by atoms with Crippen molar-refractivity contribution in [3.05, 3.63) is 35.4 Å². The van der Waals surface area contributed by atoms with E-state index in [4.69, 9.17) is 4.43 Å². The average Bonchev–Trinajstić information content (AvgIpc) is 2.52. The fraction of sp³-hybridized carbons (Fsp3) is 0.667. The molecule has 0 fully saturated rings. The third kappa shape index (κ3) is 6.90. The Morgan fingerprint density at radius 1 is 1.08 bits per heavy atom.